The Labute approximate surface area is 154 Å². The van der Waals surface area contributed by atoms with E-state index in [1.54, 1.807) is 24.3 Å². The van der Waals surface area contributed by atoms with Gasteiger partial charge >= 0.3 is 6.18 Å². The molecule has 25 heavy (non-hydrogen) atoms. The Morgan fingerprint density at radius 1 is 1.16 bits per heavy atom. The zero-order valence-electron chi connectivity index (χ0n) is 14.0. The smallest absolute Gasteiger partial charge is 0.420 e. The highest BCUT2D eigenvalue weighted by molar-refractivity contribution is 9.09. The summed E-state index contributed by atoms with van der Waals surface area (Å²) < 4.78 is 47.0. The van der Waals surface area contributed by atoms with Crippen LogP contribution in [0, 0.1) is 0 Å². The summed E-state index contributed by atoms with van der Waals surface area (Å²) in [5, 5.41) is 0.752. The van der Waals surface area contributed by atoms with Gasteiger partial charge in [-0.3, -0.25) is 0 Å². The second kappa shape index (κ2) is 7.02. The lowest BCUT2D eigenvalue weighted by molar-refractivity contribution is -0.138. The fourth-order valence-corrected chi connectivity index (χ4v) is 3.55. The van der Waals surface area contributed by atoms with E-state index < -0.39 is 11.7 Å². The zero-order chi connectivity index (χ0) is 18.2. The van der Waals surface area contributed by atoms with Gasteiger partial charge in [0.25, 0.3) is 0 Å². The monoisotopic (exact) mass is 412 g/mol. The molecular weight excluding hydrogens is 393 g/mol. The highest BCUT2D eigenvalue weighted by Crippen LogP contribution is 2.43. The number of alkyl halides is 4. The van der Waals surface area contributed by atoms with Crippen LogP contribution in [0.4, 0.5) is 13.2 Å². The number of halogens is 4. The Morgan fingerprint density at radius 2 is 1.84 bits per heavy atom. The summed E-state index contributed by atoms with van der Waals surface area (Å²) in [5.74, 6) is -0.0721. The van der Waals surface area contributed by atoms with Crippen LogP contribution >= 0.6 is 15.9 Å². The van der Waals surface area contributed by atoms with Gasteiger partial charge in [-0.2, -0.15) is 13.2 Å². The van der Waals surface area contributed by atoms with Crippen molar-refractivity contribution in [2.75, 3.05) is 0 Å². The van der Waals surface area contributed by atoms with E-state index in [-0.39, 0.29) is 22.1 Å². The molecule has 1 aliphatic carbocycles. The van der Waals surface area contributed by atoms with E-state index in [1.165, 1.54) is 6.07 Å². The molecule has 1 unspecified atom stereocenters. The number of allylic oxidation sites excluding steroid dienone is 1. The van der Waals surface area contributed by atoms with E-state index in [0.717, 1.165) is 24.0 Å². The molecule has 134 valence electrons. The maximum atomic E-state index is 13.8. The average Bonchev–Trinajstić information content (AvgIpc) is 2.55. The van der Waals surface area contributed by atoms with Crippen molar-refractivity contribution in [3.63, 3.8) is 0 Å². The van der Waals surface area contributed by atoms with Gasteiger partial charge in [0.15, 0.2) is 0 Å². The van der Waals surface area contributed by atoms with Gasteiger partial charge in [-0.25, -0.2) is 0 Å². The number of hydrogen-bond acceptors (Lipinski definition) is 1. The van der Waals surface area contributed by atoms with E-state index in [0.29, 0.717) is 18.2 Å². The molecule has 2 aromatic rings. The number of hydrogen-bond donors (Lipinski definition) is 0. The van der Waals surface area contributed by atoms with Crippen LogP contribution in [0.2, 0.25) is 0 Å². The zero-order valence-corrected chi connectivity index (χ0v) is 15.6. The Balaban J connectivity index is 2.03. The van der Waals surface area contributed by atoms with Gasteiger partial charge in [-0.1, -0.05) is 52.3 Å². The predicted octanol–water partition coefficient (Wildman–Crippen LogP) is 7.19. The third-order valence-electron chi connectivity index (χ3n) is 4.68. The fraction of sp³-hybridized carbons (Fsp3) is 0.400. The highest BCUT2D eigenvalue weighted by Gasteiger charge is 2.37. The van der Waals surface area contributed by atoms with Gasteiger partial charge < -0.3 is 4.74 Å². The first-order valence-electron chi connectivity index (χ1n) is 8.37. The molecule has 0 aromatic heterocycles. The fourth-order valence-electron chi connectivity index (χ4n) is 3.26. The number of rotatable bonds is 3. The SMILES string of the molecule is C=C1CCC(Oc2ccc3cc(C(C)Br)ccc3c2C(F)(F)F)CC1. The number of benzene rings is 2. The molecular formula is C20H20BrF3O. The molecule has 5 heteroatoms. The van der Waals surface area contributed by atoms with Gasteiger partial charge in [-0.15, -0.1) is 0 Å². The van der Waals surface area contributed by atoms with E-state index in [9.17, 15) is 13.2 Å². The van der Waals surface area contributed by atoms with Crippen LogP contribution in [0.3, 0.4) is 0 Å². The molecule has 1 aliphatic rings. The van der Waals surface area contributed by atoms with Crippen LogP contribution in [0.5, 0.6) is 5.75 Å². The van der Waals surface area contributed by atoms with E-state index in [2.05, 4.69) is 22.5 Å². The summed E-state index contributed by atoms with van der Waals surface area (Å²) in [4.78, 5) is 0.0810. The maximum absolute atomic E-state index is 13.8. The van der Waals surface area contributed by atoms with Crippen LogP contribution in [0.25, 0.3) is 10.8 Å². The first-order chi connectivity index (χ1) is 11.8. The van der Waals surface area contributed by atoms with Crippen molar-refractivity contribution in [1.29, 1.82) is 0 Å². The molecule has 0 bridgehead atoms. The van der Waals surface area contributed by atoms with Crippen LogP contribution in [-0.4, -0.2) is 6.10 Å². The van der Waals surface area contributed by atoms with Gasteiger partial charge in [0.05, 0.1) is 6.10 Å². The second-order valence-electron chi connectivity index (χ2n) is 6.60. The normalized spacial score (nSPS) is 17.7. The molecule has 0 heterocycles. The first-order valence-corrected chi connectivity index (χ1v) is 9.28. The predicted molar refractivity (Wildman–Crippen MR) is 98.3 cm³/mol. The van der Waals surface area contributed by atoms with Gasteiger partial charge in [0.1, 0.15) is 11.3 Å². The van der Waals surface area contributed by atoms with E-state index in [4.69, 9.17) is 4.74 Å². The third kappa shape index (κ3) is 4.02. The molecule has 0 radical (unpaired) electrons. The first kappa shape index (κ1) is 18.3. The lowest BCUT2D eigenvalue weighted by Crippen LogP contribution is -2.22. The van der Waals surface area contributed by atoms with Crippen molar-refractivity contribution < 1.29 is 17.9 Å². The molecule has 0 saturated heterocycles. The van der Waals surface area contributed by atoms with Crippen LogP contribution < -0.4 is 4.74 Å². The molecule has 0 aliphatic heterocycles. The lowest BCUT2D eigenvalue weighted by atomic mass is 9.93. The van der Waals surface area contributed by atoms with Crippen LogP contribution in [0.15, 0.2) is 42.5 Å². The minimum absolute atomic E-state index is 0.0721. The quantitative estimate of drug-likeness (QED) is 0.382. The van der Waals surface area contributed by atoms with Crippen molar-refractivity contribution in [1.82, 2.24) is 0 Å². The van der Waals surface area contributed by atoms with Crippen molar-refractivity contribution in [3.05, 3.63) is 53.6 Å². The molecule has 3 rings (SSSR count). The lowest BCUT2D eigenvalue weighted by Gasteiger charge is -2.26. The molecule has 0 spiro atoms. The van der Waals surface area contributed by atoms with Crippen molar-refractivity contribution in [3.8, 4) is 5.75 Å². The van der Waals surface area contributed by atoms with Crippen molar-refractivity contribution in [2.45, 2.75) is 49.7 Å². The molecule has 1 saturated carbocycles. The summed E-state index contributed by atoms with van der Waals surface area (Å²) in [6, 6.07) is 8.22. The minimum atomic E-state index is -4.46. The van der Waals surface area contributed by atoms with Crippen LogP contribution in [-0.2, 0) is 6.18 Å². The molecule has 1 atom stereocenters. The Bertz CT molecular complexity index is 785. The van der Waals surface area contributed by atoms with Gasteiger partial charge in [-0.05, 0) is 55.0 Å². The Morgan fingerprint density at radius 3 is 2.44 bits per heavy atom. The van der Waals surface area contributed by atoms with Gasteiger partial charge in [0, 0.05) is 4.83 Å². The highest BCUT2D eigenvalue weighted by atomic mass is 79.9. The largest absolute Gasteiger partial charge is 0.490 e. The summed E-state index contributed by atoms with van der Waals surface area (Å²) in [7, 11) is 0. The number of ether oxygens (including phenoxy) is 1. The maximum Gasteiger partial charge on any atom is 0.420 e. The molecule has 2 aromatic carbocycles. The number of fused-ring (bicyclic) bond motifs is 1. The molecule has 0 N–H and O–H groups in total. The summed E-state index contributed by atoms with van der Waals surface area (Å²) in [5.41, 5.74) is 1.41. The van der Waals surface area contributed by atoms with E-state index in [1.807, 2.05) is 6.92 Å². The summed E-state index contributed by atoms with van der Waals surface area (Å²) in [6.07, 6.45) is -1.60. The van der Waals surface area contributed by atoms with Crippen LogP contribution in [0.1, 0.15) is 48.6 Å². The van der Waals surface area contributed by atoms with Crippen molar-refractivity contribution >= 4 is 26.7 Å². The topological polar surface area (TPSA) is 9.23 Å². The minimum Gasteiger partial charge on any atom is -0.490 e. The summed E-state index contributed by atoms with van der Waals surface area (Å²) >= 11 is 3.46. The summed E-state index contributed by atoms with van der Waals surface area (Å²) in [6.45, 7) is 5.88. The van der Waals surface area contributed by atoms with E-state index >= 15 is 0 Å². The molecule has 1 nitrogen and oxygen atoms in total. The molecule has 0 amide bonds. The van der Waals surface area contributed by atoms with Gasteiger partial charge in [0.2, 0.25) is 0 Å². The molecule has 1 fully saturated rings. The standard InChI is InChI=1S/C20H20BrF3O/c1-12-3-7-16(8-4-12)25-18-10-6-15-11-14(13(2)21)5-9-17(15)19(18)20(22,23)24/h5-6,9-11,13,16H,1,3-4,7-8H2,2H3. The third-order valence-corrected chi connectivity index (χ3v) is 5.21. The Hall–Kier alpha value is -1.49. The average molecular weight is 413 g/mol. The second-order valence-corrected chi connectivity index (χ2v) is 7.97. The Kier molecular flexibility index (Phi) is 5.14. The van der Waals surface area contributed by atoms with Crippen molar-refractivity contribution in [2.24, 2.45) is 0 Å².